The third-order valence-corrected chi connectivity index (χ3v) is 3.80. The van der Waals surface area contributed by atoms with Gasteiger partial charge in [0.05, 0.1) is 13.2 Å². The number of likely N-dealkylation sites (N-methyl/N-ethyl adjacent to an activating group) is 1. The number of esters is 1. The summed E-state index contributed by atoms with van der Waals surface area (Å²) in [6.07, 6.45) is 1.71. The zero-order valence-corrected chi connectivity index (χ0v) is 11.7. The predicted molar refractivity (Wildman–Crippen MR) is 69.3 cm³/mol. The van der Waals surface area contributed by atoms with Crippen molar-refractivity contribution in [2.24, 2.45) is 11.8 Å². The molecule has 0 saturated carbocycles. The molecule has 0 aliphatic carbocycles. The summed E-state index contributed by atoms with van der Waals surface area (Å²) in [6.45, 7) is 3.56. The van der Waals surface area contributed by atoms with Gasteiger partial charge in [0.15, 0.2) is 5.78 Å². The van der Waals surface area contributed by atoms with Crippen LogP contribution in [0.25, 0.3) is 0 Å². The molecule has 2 atom stereocenters. The van der Waals surface area contributed by atoms with E-state index < -0.39 is 5.92 Å². The van der Waals surface area contributed by atoms with E-state index in [-0.39, 0.29) is 23.7 Å². The summed E-state index contributed by atoms with van der Waals surface area (Å²) in [7, 11) is 5.04. The molecular weight excluding hydrogens is 232 g/mol. The van der Waals surface area contributed by atoms with E-state index in [0.29, 0.717) is 0 Å². The van der Waals surface area contributed by atoms with Crippen molar-refractivity contribution >= 4 is 11.8 Å². The number of hydrogen-bond donors (Lipinski definition) is 1. The molecule has 1 heterocycles. The highest BCUT2D eigenvalue weighted by atomic mass is 16.5. The van der Waals surface area contributed by atoms with Crippen molar-refractivity contribution in [1.29, 1.82) is 0 Å². The van der Waals surface area contributed by atoms with Crippen LogP contribution >= 0.6 is 0 Å². The Balaban J connectivity index is 2.83. The number of piperidine rings is 1. The van der Waals surface area contributed by atoms with Crippen LogP contribution in [0.15, 0.2) is 0 Å². The number of carbonyl (C=O) groups excluding carboxylic acids is 2. The van der Waals surface area contributed by atoms with Gasteiger partial charge >= 0.3 is 5.97 Å². The minimum Gasteiger partial charge on any atom is -0.468 e. The van der Waals surface area contributed by atoms with Crippen molar-refractivity contribution in [2.45, 2.75) is 25.8 Å². The van der Waals surface area contributed by atoms with Crippen molar-refractivity contribution in [3.8, 4) is 0 Å². The Labute approximate surface area is 109 Å². The van der Waals surface area contributed by atoms with Gasteiger partial charge in [-0.1, -0.05) is 0 Å². The Hall–Kier alpha value is -0.940. The lowest BCUT2D eigenvalue weighted by molar-refractivity contribution is -0.153. The zero-order valence-electron chi connectivity index (χ0n) is 11.7. The van der Waals surface area contributed by atoms with Crippen molar-refractivity contribution in [1.82, 2.24) is 10.2 Å². The van der Waals surface area contributed by atoms with Crippen molar-refractivity contribution in [2.75, 3.05) is 34.3 Å². The molecule has 0 spiro atoms. The number of Topliss-reactive ketones (excluding diaryl/α,β-unsaturated/α-hetero) is 1. The van der Waals surface area contributed by atoms with Gasteiger partial charge in [0.25, 0.3) is 0 Å². The monoisotopic (exact) mass is 256 g/mol. The molecule has 0 aromatic heterocycles. The summed E-state index contributed by atoms with van der Waals surface area (Å²) in [5.74, 6) is -0.928. The number of nitrogens with zero attached hydrogens (tertiary/aromatic N) is 1. The first-order valence-corrected chi connectivity index (χ1v) is 6.47. The molecule has 5 nitrogen and oxygen atoms in total. The van der Waals surface area contributed by atoms with Crippen LogP contribution in [0.2, 0.25) is 0 Å². The molecule has 1 saturated heterocycles. The average Bonchev–Trinajstić information content (AvgIpc) is 2.38. The maximum absolute atomic E-state index is 12.4. The highest BCUT2D eigenvalue weighted by Gasteiger charge is 2.38. The topological polar surface area (TPSA) is 58.6 Å². The number of nitrogens with one attached hydrogen (secondary N) is 1. The summed E-state index contributed by atoms with van der Waals surface area (Å²) >= 11 is 0. The van der Waals surface area contributed by atoms with Gasteiger partial charge in [-0.25, -0.2) is 0 Å². The minimum absolute atomic E-state index is 0.0289. The standard InChI is InChI=1S/C13H24N2O3/c1-9(15(2)3)12(16)11(13(17)18-4)10-5-7-14-8-6-10/h9-11,14H,5-8H2,1-4H3/t9-,11?/m0/s1. The average molecular weight is 256 g/mol. The molecular formula is C13H24N2O3. The maximum Gasteiger partial charge on any atom is 0.316 e. The van der Waals surface area contributed by atoms with Gasteiger partial charge in [0.1, 0.15) is 5.92 Å². The van der Waals surface area contributed by atoms with Crippen LogP contribution in [-0.2, 0) is 14.3 Å². The van der Waals surface area contributed by atoms with Crippen LogP contribution in [0.4, 0.5) is 0 Å². The van der Waals surface area contributed by atoms with E-state index in [2.05, 4.69) is 5.32 Å². The van der Waals surface area contributed by atoms with E-state index in [1.54, 1.807) is 0 Å². The Morgan fingerprint density at radius 3 is 2.28 bits per heavy atom. The Bertz CT molecular complexity index is 299. The molecule has 0 radical (unpaired) electrons. The largest absolute Gasteiger partial charge is 0.468 e. The Kier molecular flexibility index (Phi) is 5.75. The van der Waals surface area contributed by atoms with Gasteiger partial charge in [-0.15, -0.1) is 0 Å². The van der Waals surface area contributed by atoms with Gasteiger partial charge in [0.2, 0.25) is 0 Å². The SMILES string of the molecule is COC(=O)C(C(=O)[C@H](C)N(C)C)C1CCNCC1. The molecule has 5 heteroatoms. The molecule has 0 aromatic carbocycles. The molecule has 1 aliphatic rings. The summed E-state index contributed by atoms with van der Waals surface area (Å²) in [4.78, 5) is 26.2. The van der Waals surface area contributed by atoms with E-state index in [9.17, 15) is 9.59 Å². The second-order valence-electron chi connectivity index (χ2n) is 5.13. The van der Waals surface area contributed by atoms with Gasteiger partial charge in [0, 0.05) is 0 Å². The molecule has 104 valence electrons. The smallest absolute Gasteiger partial charge is 0.316 e. The molecule has 1 unspecified atom stereocenters. The number of hydrogen-bond acceptors (Lipinski definition) is 5. The fraction of sp³-hybridized carbons (Fsp3) is 0.846. The molecule has 1 rings (SSSR count). The first kappa shape index (κ1) is 15.1. The number of methoxy groups -OCH3 is 1. The minimum atomic E-state index is -0.616. The zero-order chi connectivity index (χ0) is 13.7. The Morgan fingerprint density at radius 2 is 1.83 bits per heavy atom. The summed E-state index contributed by atoms with van der Waals surface area (Å²) in [6, 6.07) is -0.260. The lowest BCUT2D eigenvalue weighted by atomic mass is 9.80. The number of ketones is 1. The quantitative estimate of drug-likeness (QED) is 0.566. The highest BCUT2D eigenvalue weighted by Crippen LogP contribution is 2.25. The molecule has 0 amide bonds. The second kappa shape index (κ2) is 6.85. The number of rotatable bonds is 5. The molecule has 1 aliphatic heterocycles. The summed E-state index contributed by atoms with van der Waals surface area (Å²) in [5.41, 5.74) is 0. The molecule has 18 heavy (non-hydrogen) atoms. The van der Waals surface area contributed by atoms with Crippen LogP contribution in [0, 0.1) is 11.8 Å². The lowest BCUT2D eigenvalue weighted by Crippen LogP contribution is -2.45. The van der Waals surface area contributed by atoms with Crippen molar-refractivity contribution in [3.63, 3.8) is 0 Å². The van der Waals surface area contributed by atoms with Crippen LogP contribution in [-0.4, -0.2) is 57.0 Å². The summed E-state index contributed by atoms with van der Waals surface area (Å²) in [5, 5.41) is 3.24. The third-order valence-electron chi connectivity index (χ3n) is 3.80. The first-order chi connectivity index (χ1) is 8.49. The third kappa shape index (κ3) is 3.53. The van der Waals surface area contributed by atoms with Crippen LogP contribution in [0.5, 0.6) is 0 Å². The van der Waals surface area contributed by atoms with E-state index >= 15 is 0 Å². The maximum atomic E-state index is 12.4. The lowest BCUT2D eigenvalue weighted by Gasteiger charge is -2.31. The second-order valence-corrected chi connectivity index (χ2v) is 5.13. The van der Waals surface area contributed by atoms with E-state index in [1.165, 1.54) is 7.11 Å². The normalized spacial score (nSPS) is 20.5. The predicted octanol–water partition coefficient (Wildman–Crippen LogP) is 0.294. The van der Waals surface area contributed by atoms with Gasteiger partial charge < -0.3 is 10.1 Å². The molecule has 1 N–H and O–H groups in total. The van der Waals surface area contributed by atoms with Gasteiger partial charge in [-0.3, -0.25) is 14.5 Å². The van der Waals surface area contributed by atoms with Crippen LogP contribution < -0.4 is 5.32 Å². The van der Waals surface area contributed by atoms with Crippen LogP contribution in [0.3, 0.4) is 0 Å². The van der Waals surface area contributed by atoms with Crippen molar-refractivity contribution < 1.29 is 14.3 Å². The summed E-state index contributed by atoms with van der Waals surface area (Å²) < 4.78 is 4.82. The van der Waals surface area contributed by atoms with Gasteiger partial charge in [-0.2, -0.15) is 0 Å². The van der Waals surface area contributed by atoms with E-state index in [0.717, 1.165) is 25.9 Å². The number of ether oxygens (including phenoxy) is 1. The number of carbonyl (C=O) groups is 2. The molecule has 0 bridgehead atoms. The highest BCUT2D eigenvalue weighted by molar-refractivity contribution is 6.01. The van der Waals surface area contributed by atoms with Crippen LogP contribution in [0.1, 0.15) is 19.8 Å². The fourth-order valence-corrected chi connectivity index (χ4v) is 2.36. The van der Waals surface area contributed by atoms with E-state index in [1.807, 2.05) is 25.9 Å². The van der Waals surface area contributed by atoms with Crippen molar-refractivity contribution in [3.05, 3.63) is 0 Å². The Morgan fingerprint density at radius 1 is 1.28 bits per heavy atom. The molecule has 0 aromatic rings. The molecule has 1 fully saturated rings. The fourth-order valence-electron chi connectivity index (χ4n) is 2.36. The van der Waals surface area contributed by atoms with Gasteiger partial charge in [-0.05, 0) is 52.9 Å². The first-order valence-electron chi connectivity index (χ1n) is 6.47. The van der Waals surface area contributed by atoms with E-state index in [4.69, 9.17) is 4.74 Å².